The van der Waals surface area contributed by atoms with Gasteiger partial charge in [0, 0.05) is 31.9 Å². The molecule has 1 atom stereocenters. The molecular formula is C19H21FN2O2. The maximum atomic E-state index is 13.0. The van der Waals surface area contributed by atoms with Crippen molar-refractivity contribution in [2.75, 3.05) is 31.1 Å². The van der Waals surface area contributed by atoms with E-state index in [1.165, 1.54) is 12.1 Å². The first kappa shape index (κ1) is 16.5. The Bertz CT molecular complexity index is 692. The zero-order chi connectivity index (χ0) is 17.1. The quantitative estimate of drug-likeness (QED) is 0.937. The van der Waals surface area contributed by atoms with Crippen LogP contribution in [0, 0.1) is 12.7 Å². The molecular weight excluding hydrogens is 307 g/mol. The van der Waals surface area contributed by atoms with Gasteiger partial charge in [0.15, 0.2) is 0 Å². The summed E-state index contributed by atoms with van der Waals surface area (Å²) >= 11 is 0. The molecule has 1 fully saturated rings. The first-order chi connectivity index (χ1) is 11.5. The number of carboxylic acids is 1. The van der Waals surface area contributed by atoms with E-state index in [-0.39, 0.29) is 5.82 Å². The molecule has 1 heterocycles. The molecule has 0 aromatic heterocycles. The number of aliphatic carboxylic acids is 1. The second-order valence-corrected chi connectivity index (χ2v) is 6.15. The van der Waals surface area contributed by atoms with Crippen LogP contribution in [0.4, 0.5) is 10.1 Å². The zero-order valence-corrected chi connectivity index (χ0v) is 13.7. The second kappa shape index (κ2) is 7.01. The number of hydrogen-bond donors (Lipinski definition) is 1. The minimum absolute atomic E-state index is 0.248. The molecule has 0 radical (unpaired) electrons. The van der Waals surface area contributed by atoms with Crippen LogP contribution < -0.4 is 4.90 Å². The van der Waals surface area contributed by atoms with Gasteiger partial charge in [0.2, 0.25) is 0 Å². The lowest BCUT2D eigenvalue weighted by Gasteiger charge is -2.39. The van der Waals surface area contributed by atoms with E-state index in [9.17, 15) is 14.3 Å². The van der Waals surface area contributed by atoms with Crippen molar-refractivity contribution >= 4 is 11.7 Å². The summed E-state index contributed by atoms with van der Waals surface area (Å²) < 4.78 is 13.0. The molecule has 24 heavy (non-hydrogen) atoms. The predicted octanol–water partition coefficient (Wildman–Crippen LogP) is 3.08. The Morgan fingerprint density at radius 2 is 1.58 bits per heavy atom. The molecule has 0 saturated carbocycles. The fourth-order valence-corrected chi connectivity index (χ4v) is 3.15. The van der Waals surface area contributed by atoms with Gasteiger partial charge in [0.05, 0.1) is 0 Å². The largest absolute Gasteiger partial charge is 0.480 e. The lowest BCUT2D eigenvalue weighted by atomic mass is 10.0. The smallest absolute Gasteiger partial charge is 0.325 e. The summed E-state index contributed by atoms with van der Waals surface area (Å²) in [7, 11) is 0. The number of carbonyl (C=O) groups is 1. The second-order valence-electron chi connectivity index (χ2n) is 6.15. The molecule has 126 valence electrons. The molecule has 2 aromatic carbocycles. The van der Waals surface area contributed by atoms with Crippen molar-refractivity contribution in [2.24, 2.45) is 0 Å². The molecule has 1 N–H and O–H groups in total. The van der Waals surface area contributed by atoms with Gasteiger partial charge >= 0.3 is 5.97 Å². The summed E-state index contributed by atoms with van der Waals surface area (Å²) in [5, 5.41) is 9.66. The Kier molecular flexibility index (Phi) is 4.81. The topological polar surface area (TPSA) is 43.8 Å². The molecule has 1 unspecified atom stereocenters. The lowest BCUT2D eigenvalue weighted by molar-refractivity contribution is -0.143. The predicted molar refractivity (Wildman–Crippen MR) is 91.7 cm³/mol. The van der Waals surface area contributed by atoms with Crippen molar-refractivity contribution in [3.63, 3.8) is 0 Å². The number of aryl methyl sites for hydroxylation is 1. The highest BCUT2D eigenvalue weighted by Gasteiger charge is 2.30. The van der Waals surface area contributed by atoms with E-state index in [0.717, 1.165) is 29.9 Å². The first-order valence-electron chi connectivity index (χ1n) is 8.08. The Labute approximate surface area is 141 Å². The van der Waals surface area contributed by atoms with E-state index in [1.807, 2.05) is 36.1 Å². The van der Waals surface area contributed by atoms with Crippen LogP contribution in [-0.2, 0) is 4.79 Å². The molecule has 0 aliphatic carbocycles. The van der Waals surface area contributed by atoms with Crippen molar-refractivity contribution < 1.29 is 14.3 Å². The van der Waals surface area contributed by atoms with E-state index < -0.39 is 12.0 Å². The highest BCUT2D eigenvalue weighted by molar-refractivity contribution is 5.75. The maximum Gasteiger partial charge on any atom is 0.325 e. The van der Waals surface area contributed by atoms with Crippen LogP contribution in [0.5, 0.6) is 0 Å². The van der Waals surface area contributed by atoms with Crippen LogP contribution in [0.3, 0.4) is 0 Å². The number of rotatable bonds is 4. The average Bonchev–Trinajstić information content (AvgIpc) is 2.58. The fraction of sp³-hybridized carbons (Fsp3) is 0.316. The van der Waals surface area contributed by atoms with Gasteiger partial charge in [-0.05, 0) is 36.8 Å². The number of halogens is 1. The number of hydrogen-bond acceptors (Lipinski definition) is 3. The van der Waals surface area contributed by atoms with E-state index >= 15 is 0 Å². The molecule has 5 heteroatoms. The van der Waals surface area contributed by atoms with Gasteiger partial charge in [-0.1, -0.05) is 29.8 Å². The van der Waals surface area contributed by atoms with Crippen LogP contribution in [0.1, 0.15) is 17.2 Å². The van der Waals surface area contributed by atoms with Crippen molar-refractivity contribution in [3.05, 3.63) is 65.5 Å². The number of nitrogens with zero attached hydrogens (tertiary/aromatic N) is 2. The minimum Gasteiger partial charge on any atom is -0.480 e. The van der Waals surface area contributed by atoms with Gasteiger partial charge in [-0.15, -0.1) is 0 Å². The summed E-state index contributed by atoms with van der Waals surface area (Å²) in [4.78, 5) is 15.9. The summed E-state index contributed by atoms with van der Waals surface area (Å²) in [5.41, 5.74) is 2.89. The van der Waals surface area contributed by atoms with Crippen LogP contribution in [0.2, 0.25) is 0 Å². The monoisotopic (exact) mass is 328 g/mol. The molecule has 1 aliphatic heterocycles. The van der Waals surface area contributed by atoms with Crippen molar-refractivity contribution in [1.82, 2.24) is 4.90 Å². The van der Waals surface area contributed by atoms with E-state index in [0.29, 0.717) is 13.1 Å². The molecule has 0 spiro atoms. The summed E-state index contributed by atoms with van der Waals surface area (Å²) in [5.74, 6) is -1.07. The molecule has 2 aromatic rings. The standard InChI is InChI=1S/C19H21FN2O2/c1-14-2-4-15(5-3-14)18(19(23)24)22-12-10-21(11-13-22)17-8-6-16(20)7-9-17/h2-9,18H,10-13H2,1H3,(H,23,24). The highest BCUT2D eigenvalue weighted by atomic mass is 19.1. The van der Waals surface area contributed by atoms with Gasteiger partial charge < -0.3 is 10.0 Å². The van der Waals surface area contributed by atoms with Crippen molar-refractivity contribution in [2.45, 2.75) is 13.0 Å². The van der Waals surface area contributed by atoms with Crippen LogP contribution in [0.25, 0.3) is 0 Å². The van der Waals surface area contributed by atoms with Crippen LogP contribution in [-0.4, -0.2) is 42.2 Å². The molecule has 1 aliphatic rings. The van der Waals surface area contributed by atoms with E-state index in [1.54, 1.807) is 12.1 Å². The number of carboxylic acid groups (broad SMARTS) is 1. The number of piperazine rings is 1. The molecule has 4 nitrogen and oxygen atoms in total. The van der Waals surface area contributed by atoms with Crippen molar-refractivity contribution in [3.8, 4) is 0 Å². The van der Waals surface area contributed by atoms with E-state index in [2.05, 4.69) is 4.90 Å². The van der Waals surface area contributed by atoms with Gasteiger partial charge in [-0.2, -0.15) is 0 Å². The average molecular weight is 328 g/mol. The maximum absolute atomic E-state index is 13.0. The van der Waals surface area contributed by atoms with Crippen LogP contribution in [0.15, 0.2) is 48.5 Å². The lowest BCUT2D eigenvalue weighted by Crippen LogP contribution is -2.49. The fourth-order valence-electron chi connectivity index (χ4n) is 3.15. The molecule has 0 amide bonds. The Hall–Kier alpha value is -2.40. The Morgan fingerprint density at radius 3 is 2.12 bits per heavy atom. The van der Waals surface area contributed by atoms with Crippen molar-refractivity contribution in [1.29, 1.82) is 0 Å². The van der Waals surface area contributed by atoms with Gasteiger partial charge in [0.1, 0.15) is 11.9 Å². The van der Waals surface area contributed by atoms with Gasteiger partial charge in [0.25, 0.3) is 0 Å². The highest BCUT2D eigenvalue weighted by Crippen LogP contribution is 2.25. The molecule has 1 saturated heterocycles. The van der Waals surface area contributed by atoms with Gasteiger partial charge in [-0.3, -0.25) is 9.69 Å². The third-order valence-corrected chi connectivity index (χ3v) is 4.50. The number of benzene rings is 2. The summed E-state index contributed by atoms with van der Waals surface area (Å²) in [6, 6.07) is 13.5. The molecule has 3 rings (SSSR count). The Morgan fingerprint density at radius 1 is 1.00 bits per heavy atom. The third-order valence-electron chi connectivity index (χ3n) is 4.50. The number of anilines is 1. The minimum atomic E-state index is -0.825. The molecule has 0 bridgehead atoms. The zero-order valence-electron chi connectivity index (χ0n) is 13.7. The first-order valence-corrected chi connectivity index (χ1v) is 8.08. The summed E-state index contributed by atoms with van der Waals surface area (Å²) in [6.45, 7) is 4.74. The normalized spacial score (nSPS) is 16.8. The Balaban J connectivity index is 1.70. The third kappa shape index (κ3) is 3.57. The van der Waals surface area contributed by atoms with Crippen LogP contribution >= 0.6 is 0 Å². The summed E-state index contributed by atoms with van der Waals surface area (Å²) in [6.07, 6.45) is 0. The van der Waals surface area contributed by atoms with E-state index in [4.69, 9.17) is 0 Å². The SMILES string of the molecule is Cc1ccc(C(C(=O)O)N2CCN(c3ccc(F)cc3)CC2)cc1. The van der Waals surface area contributed by atoms with Gasteiger partial charge in [-0.25, -0.2) is 4.39 Å².